The maximum atomic E-state index is 13.2. The number of nitrogens with zero attached hydrogens (tertiary/aromatic N) is 1. The summed E-state index contributed by atoms with van der Waals surface area (Å²) < 4.78 is 6.64. The van der Waals surface area contributed by atoms with Gasteiger partial charge in [-0.1, -0.05) is 29.3 Å². The number of benzene rings is 1. The van der Waals surface area contributed by atoms with E-state index in [4.69, 9.17) is 16.3 Å². The molecule has 25 heavy (non-hydrogen) atoms. The Balaban J connectivity index is 2.61. The van der Waals surface area contributed by atoms with Gasteiger partial charge in [-0.15, -0.1) is 0 Å². The summed E-state index contributed by atoms with van der Waals surface area (Å²) in [5.41, 5.74) is 4.78. The van der Waals surface area contributed by atoms with Gasteiger partial charge in [-0.05, 0) is 51.8 Å². The van der Waals surface area contributed by atoms with E-state index in [1.807, 2.05) is 44.4 Å². The van der Waals surface area contributed by atoms with E-state index in [9.17, 15) is 9.59 Å². The van der Waals surface area contributed by atoms with Crippen LogP contribution in [0.5, 0.6) is 0 Å². The van der Waals surface area contributed by atoms with E-state index in [2.05, 4.69) is 0 Å². The van der Waals surface area contributed by atoms with Gasteiger partial charge >= 0.3 is 5.97 Å². The zero-order chi connectivity index (χ0) is 18.9. The first kappa shape index (κ1) is 19.3. The molecule has 1 heterocycles. The summed E-state index contributed by atoms with van der Waals surface area (Å²) >= 11 is 6.38. The number of aryl methyl sites for hydroxylation is 3. The highest BCUT2D eigenvalue weighted by molar-refractivity contribution is 6.32. The van der Waals surface area contributed by atoms with Crippen LogP contribution in [0, 0.1) is 20.8 Å². The number of esters is 1. The minimum absolute atomic E-state index is 0.0814. The highest BCUT2D eigenvalue weighted by atomic mass is 35.5. The molecule has 0 fully saturated rings. The van der Waals surface area contributed by atoms with E-state index >= 15 is 0 Å². The molecular weight excluding hydrogens is 338 g/mol. The second-order valence-electron chi connectivity index (χ2n) is 6.35. The lowest BCUT2D eigenvalue weighted by Crippen LogP contribution is -2.19. The average molecular weight is 362 g/mol. The van der Waals surface area contributed by atoms with Crippen LogP contribution in [0.3, 0.4) is 0 Å². The van der Waals surface area contributed by atoms with Crippen LogP contribution in [0.1, 0.15) is 58.2 Å². The highest BCUT2D eigenvalue weighted by Crippen LogP contribution is 2.31. The number of carbonyl (C=O) groups excluding carboxylic acids is 2. The van der Waals surface area contributed by atoms with E-state index in [-0.39, 0.29) is 11.8 Å². The molecule has 0 aliphatic carbocycles. The summed E-state index contributed by atoms with van der Waals surface area (Å²) in [6, 6.07) is 5.65. The first-order valence-electron chi connectivity index (χ1n) is 8.32. The molecule has 0 N–H and O–H groups in total. The Kier molecular flexibility index (Phi) is 5.73. The van der Waals surface area contributed by atoms with Crippen LogP contribution in [-0.4, -0.2) is 23.4 Å². The molecule has 0 saturated heterocycles. The molecule has 2 aromatic rings. The molecule has 0 spiro atoms. The molecule has 1 aromatic carbocycles. The van der Waals surface area contributed by atoms with Crippen LogP contribution in [-0.2, 0) is 16.1 Å². The van der Waals surface area contributed by atoms with Gasteiger partial charge in [0.15, 0.2) is 0 Å². The summed E-state index contributed by atoms with van der Waals surface area (Å²) in [5, 5.41) is 0.408. The van der Waals surface area contributed by atoms with Crippen molar-refractivity contribution >= 4 is 23.4 Å². The van der Waals surface area contributed by atoms with Crippen molar-refractivity contribution in [3.8, 4) is 0 Å². The molecule has 1 aromatic heterocycles. The van der Waals surface area contributed by atoms with Crippen molar-refractivity contribution in [1.82, 2.24) is 4.57 Å². The SMILES string of the molecule is CCn1c(C(=O)c2c(C)cc(C)cc2C)cc(Cl)c1C(C)C(=O)OC. The third-order valence-electron chi connectivity index (χ3n) is 4.51. The summed E-state index contributed by atoms with van der Waals surface area (Å²) in [6.45, 7) is 10.1. The molecule has 4 nitrogen and oxygen atoms in total. The number of aromatic nitrogens is 1. The zero-order valence-electron chi connectivity index (χ0n) is 15.6. The van der Waals surface area contributed by atoms with Crippen molar-refractivity contribution in [1.29, 1.82) is 0 Å². The molecule has 0 saturated carbocycles. The molecule has 5 heteroatoms. The van der Waals surface area contributed by atoms with Gasteiger partial charge in [0.1, 0.15) is 0 Å². The van der Waals surface area contributed by atoms with Gasteiger partial charge in [0.2, 0.25) is 5.78 Å². The van der Waals surface area contributed by atoms with Crippen LogP contribution < -0.4 is 0 Å². The quantitative estimate of drug-likeness (QED) is 0.578. The number of hydrogen-bond acceptors (Lipinski definition) is 3. The Labute approximate surface area is 153 Å². The fourth-order valence-corrected chi connectivity index (χ4v) is 3.82. The van der Waals surface area contributed by atoms with E-state index in [1.54, 1.807) is 13.0 Å². The van der Waals surface area contributed by atoms with E-state index in [0.717, 1.165) is 16.7 Å². The second-order valence-corrected chi connectivity index (χ2v) is 6.76. The fourth-order valence-electron chi connectivity index (χ4n) is 3.45. The molecule has 0 amide bonds. The minimum Gasteiger partial charge on any atom is -0.469 e. The Morgan fingerprint density at radius 3 is 2.20 bits per heavy atom. The van der Waals surface area contributed by atoms with Gasteiger partial charge in [-0.25, -0.2) is 0 Å². The van der Waals surface area contributed by atoms with Crippen molar-refractivity contribution < 1.29 is 14.3 Å². The summed E-state index contributed by atoms with van der Waals surface area (Å²) in [6.07, 6.45) is 0. The lowest BCUT2D eigenvalue weighted by atomic mass is 9.95. The van der Waals surface area contributed by atoms with Gasteiger partial charge in [-0.2, -0.15) is 0 Å². The Morgan fingerprint density at radius 1 is 1.16 bits per heavy atom. The Hall–Kier alpha value is -2.07. The third kappa shape index (κ3) is 3.49. The first-order chi connectivity index (χ1) is 11.7. The first-order valence-corrected chi connectivity index (χ1v) is 8.69. The maximum Gasteiger partial charge on any atom is 0.314 e. The highest BCUT2D eigenvalue weighted by Gasteiger charge is 2.28. The molecule has 2 rings (SSSR count). The van der Waals surface area contributed by atoms with Crippen LogP contribution in [0.25, 0.3) is 0 Å². The van der Waals surface area contributed by atoms with Crippen molar-refractivity contribution in [2.75, 3.05) is 7.11 Å². The number of ketones is 1. The van der Waals surface area contributed by atoms with Crippen molar-refractivity contribution in [3.63, 3.8) is 0 Å². The van der Waals surface area contributed by atoms with Gasteiger partial charge in [0, 0.05) is 12.1 Å². The molecule has 0 aliphatic heterocycles. The molecule has 134 valence electrons. The van der Waals surface area contributed by atoms with Crippen LogP contribution >= 0.6 is 11.6 Å². The molecular formula is C20H24ClNO3. The topological polar surface area (TPSA) is 48.3 Å². The smallest absolute Gasteiger partial charge is 0.314 e. The van der Waals surface area contributed by atoms with Gasteiger partial charge in [0.25, 0.3) is 0 Å². The predicted octanol–water partition coefficient (Wildman–Crippen LogP) is 4.59. The molecule has 1 atom stereocenters. The monoisotopic (exact) mass is 361 g/mol. The van der Waals surface area contributed by atoms with E-state index in [0.29, 0.717) is 28.5 Å². The molecule has 1 unspecified atom stereocenters. The van der Waals surface area contributed by atoms with Crippen molar-refractivity contribution in [2.24, 2.45) is 0 Å². The number of carbonyl (C=O) groups is 2. The maximum absolute atomic E-state index is 13.2. The lowest BCUT2D eigenvalue weighted by Gasteiger charge is -2.16. The van der Waals surface area contributed by atoms with Crippen LogP contribution in [0.2, 0.25) is 5.02 Å². The minimum atomic E-state index is -0.542. The molecule has 0 aliphatic rings. The largest absolute Gasteiger partial charge is 0.469 e. The predicted molar refractivity (Wildman–Crippen MR) is 99.6 cm³/mol. The summed E-state index contributed by atoms with van der Waals surface area (Å²) in [5.74, 6) is -1.00. The summed E-state index contributed by atoms with van der Waals surface area (Å²) in [4.78, 5) is 25.2. The van der Waals surface area contributed by atoms with Gasteiger partial charge in [-0.3, -0.25) is 9.59 Å². The standard InChI is InChI=1S/C20H24ClNO3/c1-7-22-16(10-15(21)18(22)14(5)20(24)25-6)19(23)17-12(3)8-11(2)9-13(17)4/h8-10,14H,7H2,1-6H3. The molecule has 0 bridgehead atoms. The third-order valence-corrected chi connectivity index (χ3v) is 4.81. The number of methoxy groups -OCH3 is 1. The van der Waals surface area contributed by atoms with E-state index in [1.165, 1.54) is 7.11 Å². The van der Waals surface area contributed by atoms with E-state index < -0.39 is 5.92 Å². The van der Waals surface area contributed by atoms with Crippen LogP contribution in [0.15, 0.2) is 18.2 Å². The lowest BCUT2D eigenvalue weighted by molar-refractivity contribution is -0.142. The number of rotatable bonds is 5. The zero-order valence-corrected chi connectivity index (χ0v) is 16.3. The normalized spacial score (nSPS) is 12.1. The average Bonchev–Trinajstić information content (AvgIpc) is 2.88. The van der Waals surface area contributed by atoms with Gasteiger partial charge in [0.05, 0.1) is 29.4 Å². The van der Waals surface area contributed by atoms with Crippen molar-refractivity contribution in [3.05, 3.63) is 56.9 Å². The number of ether oxygens (including phenoxy) is 1. The Bertz CT molecular complexity index is 813. The van der Waals surface area contributed by atoms with Crippen molar-refractivity contribution in [2.45, 2.75) is 47.1 Å². The number of hydrogen-bond donors (Lipinski definition) is 0. The van der Waals surface area contributed by atoms with Crippen LogP contribution in [0.4, 0.5) is 0 Å². The second kappa shape index (κ2) is 7.44. The Morgan fingerprint density at radius 2 is 1.72 bits per heavy atom. The van der Waals surface area contributed by atoms with Gasteiger partial charge < -0.3 is 9.30 Å². The molecule has 0 radical (unpaired) electrons. The fraction of sp³-hybridized carbons (Fsp3) is 0.400. The number of halogens is 1. The summed E-state index contributed by atoms with van der Waals surface area (Å²) in [7, 11) is 1.34.